The van der Waals surface area contributed by atoms with Crippen LogP contribution in [0.3, 0.4) is 0 Å². The molecule has 1 aliphatic carbocycles. The van der Waals surface area contributed by atoms with Crippen LogP contribution in [0.25, 0.3) is 5.52 Å². The van der Waals surface area contributed by atoms with Gasteiger partial charge in [-0.2, -0.15) is 10.4 Å². The second-order valence-electron chi connectivity index (χ2n) is 6.85. The van der Waals surface area contributed by atoms with Gasteiger partial charge in [0.15, 0.2) is 5.84 Å². The van der Waals surface area contributed by atoms with Crippen molar-refractivity contribution in [3.05, 3.63) is 23.9 Å². The van der Waals surface area contributed by atoms with Gasteiger partial charge >= 0.3 is 0 Å². The van der Waals surface area contributed by atoms with Gasteiger partial charge in [-0.05, 0) is 30.9 Å². The third-order valence-electron chi connectivity index (χ3n) is 5.10. The van der Waals surface area contributed by atoms with Gasteiger partial charge in [0.05, 0.1) is 35.5 Å². The topological polar surface area (TPSA) is 155 Å². The number of carbonyl (C=O) groups excluding carboxylic acids is 1. The Morgan fingerprint density at radius 1 is 1.44 bits per heavy atom. The number of fused-ring (bicyclic) bond motifs is 1. The van der Waals surface area contributed by atoms with E-state index in [1.165, 1.54) is 6.20 Å². The van der Waals surface area contributed by atoms with Gasteiger partial charge in [-0.3, -0.25) is 4.79 Å². The fourth-order valence-corrected chi connectivity index (χ4v) is 3.76. The standard InChI is InChI=1S/C18H23N7O2/c19-8-7-12(26)9-11-3-1-2-4-14(11)23-17-13(18(21)24-27)10-22-25-15(17)5-6-16(25)20/h5-6,10-11,14,23,27H,1-4,7,9,20H2,(H2,21,24)/t11-,14+/m0/s1. The summed E-state index contributed by atoms with van der Waals surface area (Å²) >= 11 is 0. The highest BCUT2D eigenvalue weighted by molar-refractivity contribution is 6.05. The van der Waals surface area contributed by atoms with Crippen LogP contribution in [-0.4, -0.2) is 32.5 Å². The maximum absolute atomic E-state index is 12.0. The highest BCUT2D eigenvalue weighted by atomic mass is 16.4. The van der Waals surface area contributed by atoms with E-state index in [-0.39, 0.29) is 30.0 Å². The molecule has 0 amide bonds. The lowest BCUT2D eigenvalue weighted by Crippen LogP contribution is -2.34. The number of aromatic nitrogens is 2. The minimum absolute atomic E-state index is 0.0361. The average molecular weight is 369 g/mol. The van der Waals surface area contributed by atoms with E-state index in [0.29, 0.717) is 29.0 Å². The van der Waals surface area contributed by atoms with E-state index in [1.807, 2.05) is 12.1 Å². The SMILES string of the molecule is N#CCC(=O)C[C@@H]1CCCC[C@H]1Nc1c(C(N)=NO)cnn2c(N)ccc12. The summed E-state index contributed by atoms with van der Waals surface area (Å²) in [5, 5.41) is 28.7. The van der Waals surface area contributed by atoms with E-state index < -0.39 is 0 Å². The van der Waals surface area contributed by atoms with Gasteiger partial charge in [0.25, 0.3) is 0 Å². The normalized spacial score (nSPS) is 20.3. The van der Waals surface area contributed by atoms with Crippen molar-refractivity contribution in [2.45, 2.75) is 44.6 Å². The number of nitrogens with zero attached hydrogens (tertiary/aromatic N) is 4. The quantitative estimate of drug-likeness (QED) is 0.262. The maximum Gasteiger partial charge on any atom is 0.173 e. The molecule has 1 fully saturated rings. The second kappa shape index (κ2) is 7.95. The van der Waals surface area contributed by atoms with E-state index in [2.05, 4.69) is 15.6 Å². The minimum Gasteiger partial charge on any atom is -0.409 e. The van der Waals surface area contributed by atoms with Crippen LogP contribution in [0.2, 0.25) is 0 Å². The van der Waals surface area contributed by atoms with E-state index in [1.54, 1.807) is 10.6 Å². The summed E-state index contributed by atoms with van der Waals surface area (Å²) in [7, 11) is 0. The third kappa shape index (κ3) is 3.79. The number of hydrogen-bond acceptors (Lipinski definition) is 7. The van der Waals surface area contributed by atoms with Crippen molar-refractivity contribution in [2.24, 2.45) is 16.8 Å². The lowest BCUT2D eigenvalue weighted by atomic mass is 9.81. The molecular weight excluding hydrogens is 346 g/mol. The summed E-state index contributed by atoms with van der Waals surface area (Å²) in [4.78, 5) is 12.0. The van der Waals surface area contributed by atoms with Gasteiger partial charge in [0.1, 0.15) is 11.6 Å². The minimum atomic E-state index is -0.0622. The molecule has 0 bridgehead atoms. The van der Waals surface area contributed by atoms with Crippen molar-refractivity contribution in [1.82, 2.24) is 9.61 Å². The van der Waals surface area contributed by atoms with Crippen LogP contribution in [0, 0.1) is 17.2 Å². The fraction of sp³-hybridized carbons (Fsp3) is 0.444. The van der Waals surface area contributed by atoms with Crippen molar-refractivity contribution in [1.29, 1.82) is 5.26 Å². The van der Waals surface area contributed by atoms with Crippen LogP contribution in [0.1, 0.15) is 44.1 Å². The first-order valence-electron chi connectivity index (χ1n) is 8.94. The summed E-state index contributed by atoms with van der Waals surface area (Å²) in [6, 6.07) is 5.51. The van der Waals surface area contributed by atoms with E-state index in [9.17, 15) is 4.79 Å². The molecule has 142 valence electrons. The Morgan fingerprint density at radius 2 is 2.22 bits per heavy atom. The van der Waals surface area contributed by atoms with Crippen LogP contribution in [0.5, 0.6) is 0 Å². The number of rotatable bonds is 6. The average Bonchev–Trinajstić information content (AvgIpc) is 3.04. The molecule has 0 unspecified atom stereocenters. The first-order valence-corrected chi connectivity index (χ1v) is 8.94. The Balaban J connectivity index is 1.95. The second-order valence-corrected chi connectivity index (χ2v) is 6.85. The Kier molecular flexibility index (Phi) is 5.45. The molecule has 0 saturated heterocycles. The predicted molar refractivity (Wildman–Crippen MR) is 101 cm³/mol. The molecule has 27 heavy (non-hydrogen) atoms. The summed E-state index contributed by atoms with van der Waals surface area (Å²) in [6.07, 6.45) is 5.72. The zero-order valence-corrected chi connectivity index (χ0v) is 14.9. The molecule has 0 spiro atoms. The maximum atomic E-state index is 12.0. The van der Waals surface area contributed by atoms with Crippen LogP contribution < -0.4 is 16.8 Å². The van der Waals surface area contributed by atoms with Crippen molar-refractivity contribution in [3.8, 4) is 6.07 Å². The number of nitrogens with one attached hydrogen (secondary N) is 1. The number of nitrogens with two attached hydrogens (primary N) is 2. The summed E-state index contributed by atoms with van der Waals surface area (Å²) in [5.41, 5.74) is 13.6. The van der Waals surface area contributed by atoms with E-state index in [0.717, 1.165) is 25.7 Å². The van der Waals surface area contributed by atoms with Gasteiger partial charge in [-0.25, -0.2) is 4.52 Å². The number of Topliss-reactive ketones (excluding diaryl/α,β-unsaturated/α-hetero) is 1. The molecule has 0 aromatic carbocycles. The molecule has 9 heteroatoms. The van der Waals surface area contributed by atoms with Gasteiger partial charge in [-0.1, -0.05) is 18.0 Å². The summed E-state index contributed by atoms with van der Waals surface area (Å²) < 4.78 is 1.58. The highest BCUT2D eigenvalue weighted by Crippen LogP contribution is 2.33. The first-order chi connectivity index (χ1) is 13.0. The van der Waals surface area contributed by atoms with Crippen molar-refractivity contribution in [3.63, 3.8) is 0 Å². The molecule has 6 N–H and O–H groups in total. The summed E-state index contributed by atoms with van der Waals surface area (Å²) in [5.74, 6) is 0.503. The lowest BCUT2D eigenvalue weighted by molar-refractivity contribution is -0.119. The van der Waals surface area contributed by atoms with Crippen LogP contribution in [-0.2, 0) is 4.79 Å². The number of nitrogen functional groups attached to an aromatic ring is 1. The molecule has 2 heterocycles. The molecular formula is C18H23N7O2. The number of amidine groups is 1. The highest BCUT2D eigenvalue weighted by Gasteiger charge is 2.28. The van der Waals surface area contributed by atoms with Crippen LogP contribution in [0.15, 0.2) is 23.5 Å². The zero-order chi connectivity index (χ0) is 19.4. The molecule has 1 aliphatic rings. The molecule has 0 aliphatic heterocycles. The Labute approximate surface area is 156 Å². The molecule has 3 rings (SSSR count). The van der Waals surface area contributed by atoms with Crippen molar-refractivity contribution < 1.29 is 10.0 Å². The number of hydrogen-bond donors (Lipinski definition) is 4. The monoisotopic (exact) mass is 369 g/mol. The van der Waals surface area contributed by atoms with Gasteiger partial charge in [0, 0.05) is 12.5 Å². The lowest BCUT2D eigenvalue weighted by Gasteiger charge is -2.33. The van der Waals surface area contributed by atoms with Crippen molar-refractivity contribution >= 4 is 28.6 Å². The number of nitriles is 1. The largest absolute Gasteiger partial charge is 0.409 e. The van der Waals surface area contributed by atoms with Crippen LogP contribution in [0.4, 0.5) is 11.5 Å². The molecule has 9 nitrogen and oxygen atoms in total. The van der Waals surface area contributed by atoms with E-state index >= 15 is 0 Å². The fourth-order valence-electron chi connectivity index (χ4n) is 3.76. The van der Waals surface area contributed by atoms with Crippen molar-refractivity contribution in [2.75, 3.05) is 11.1 Å². The number of anilines is 2. The number of ketones is 1. The Morgan fingerprint density at radius 3 is 2.96 bits per heavy atom. The number of oxime groups is 1. The van der Waals surface area contributed by atoms with Crippen LogP contribution >= 0.6 is 0 Å². The van der Waals surface area contributed by atoms with Gasteiger partial charge < -0.3 is 22.0 Å². The first kappa shape index (κ1) is 18.5. The van der Waals surface area contributed by atoms with E-state index in [4.69, 9.17) is 21.9 Å². The molecule has 2 aromatic heterocycles. The number of carbonyl (C=O) groups is 1. The molecule has 2 aromatic rings. The third-order valence-corrected chi connectivity index (χ3v) is 5.10. The smallest absolute Gasteiger partial charge is 0.173 e. The molecule has 2 atom stereocenters. The van der Waals surface area contributed by atoms with Gasteiger partial charge in [-0.15, -0.1) is 0 Å². The molecule has 1 saturated carbocycles. The zero-order valence-electron chi connectivity index (χ0n) is 14.9. The molecule has 0 radical (unpaired) electrons. The Bertz CT molecular complexity index is 912. The van der Waals surface area contributed by atoms with Gasteiger partial charge in [0.2, 0.25) is 0 Å². The Hall–Kier alpha value is -3.28. The summed E-state index contributed by atoms with van der Waals surface area (Å²) in [6.45, 7) is 0. The predicted octanol–water partition coefficient (Wildman–Crippen LogP) is 1.85.